The Hall–Kier alpha value is -2.94. The van der Waals surface area contributed by atoms with Crippen LogP contribution in [0.25, 0.3) is 10.8 Å². The number of carbonyl (C=O) groups is 1. The second-order valence-electron chi connectivity index (χ2n) is 8.44. The second kappa shape index (κ2) is 7.58. The predicted octanol–water partition coefficient (Wildman–Crippen LogP) is 2.98. The molecule has 1 heterocycles. The molecule has 5 atom stereocenters. The fourth-order valence-electron chi connectivity index (χ4n) is 4.94. The number of para-hydroxylation sites is 1. The van der Waals surface area contributed by atoms with Gasteiger partial charge in [-0.1, -0.05) is 54.6 Å². The van der Waals surface area contributed by atoms with E-state index in [9.17, 15) is 23.4 Å². The zero-order chi connectivity index (χ0) is 22.6. The van der Waals surface area contributed by atoms with Gasteiger partial charge >= 0.3 is 5.97 Å². The van der Waals surface area contributed by atoms with Gasteiger partial charge in [0.2, 0.25) is 10.0 Å². The van der Waals surface area contributed by atoms with E-state index < -0.39 is 46.1 Å². The van der Waals surface area contributed by atoms with Crippen LogP contribution in [0.3, 0.4) is 0 Å². The Morgan fingerprint density at radius 1 is 1.09 bits per heavy atom. The Balaban J connectivity index is 1.52. The van der Waals surface area contributed by atoms with E-state index in [1.807, 2.05) is 24.3 Å². The fourth-order valence-corrected chi connectivity index (χ4v) is 6.46. The number of hydrogen-bond acceptors (Lipinski definition) is 5. The first-order valence-corrected chi connectivity index (χ1v) is 12.0. The summed E-state index contributed by atoms with van der Waals surface area (Å²) in [6.07, 6.45) is -1.10. The zero-order valence-electron chi connectivity index (χ0n) is 17.3. The van der Waals surface area contributed by atoms with Gasteiger partial charge in [0.05, 0.1) is 23.0 Å². The molecule has 1 aliphatic carbocycles. The van der Waals surface area contributed by atoms with Gasteiger partial charge in [-0.3, -0.25) is 4.79 Å². The Bertz CT molecular complexity index is 1320. The summed E-state index contributed by atoms with van der Waals surface area (Å²) in [7, 11) is -3.94. The smallest absolute Gasteiger partial charge is 0.310 e. The molecule has 0 bridgehead atoms. The largest absolute Gasteiger partial charge is 0.489 e. The van der Waals surface area contributed by atoms with Gasteiger partial charge in [0.15, 0.2) is 0 Å². The van der Waals surface area contributed by atoms with Crippen molar-refractivity contribution in [3.8, 4) is 5.75 Å². The van der Waals surface area contributed by atoms with Crippen LogP contribution in [0.4, 0.5) is 0 Å². The standard InChI is InChI=1S/C24H23NO6S/c1-13(24(27)28)15-9-5-10-17-21-19(31-23(15)17)12-18(26)22(21)25-32(29,30)20-11-4-7-14-6-2-3-8-16(14)20/h2-11,13,18-19,21-22,25-26H,12H2,1H3,(H,27,28). The maximum atomic E-state index is 13.4. The summed E-state index contributed by atoms with van der Waals surface area (Å²) in [6, 6.07) is 16.8. The number of nitrogens with one attached hydrogen (secondary N) is 1. The first-order valence-electron chi connectivity index (χ1n) is 10.5. The number of carboxylic acids is 1. The van der Waals surface area contributed by atoms with E-state index in [1.165, 1.54) is 0 Å². The van der Waals surface area contributed by atoms with Crippen molar-refractivity contribution < 1.29 is 28.2 Å². The van der Waals surface area contributed by atoms with Crippen LogP contribution in [0, 0.1) is 0 Å². The van der Waals surface area contributed by atoms with E-state index in [1.54, 1.807) is 43.3 Å². The lowest BCUT2D eigenvalue weighted by atomic mass is 9.90. The summed E-state index contributed by atoms with van der Waals surface area (Å²) >= 11 is 0. The van der Waals surface area contributed by atoms with Crippen LogP contribution in [-0.4, -0.2) is 42.8 Å². The van der Waals surface area contributed by atoms with Crippen molar-refractivity contribution >= 4 is 26.8 Å². The van der Waals surface area contributed by atoms with Crippen molar-refractivity contribution in [1.29, 1.82) is 0 Å². The number of ether oxygens (including phenoxy) is 1. The minimum atomic E-state index is -3.94. The van der Waals surface area contributed by atoms with E-state index in [4.69, 9.17) is 4.74 Å². The highest BCUT2D eigenvalue weighted by Crippen LogP contribution is 2.50. The van der Waals surface area contributed by atoms with Crippen LogP contribution in [0.2, 0.25) is 0 Å². The molecule has 5 rings (SSSR count). The number of carboxylic acid groups (broad SMARTS) is 1. The van der Waals surface area contributed by atoms with E-state index >= 15 is 0 Å². The second-order valence-corrected chi connectivity index (χ2v) is 10.1. The van der Waals surface area contributed by atoms with Gasteiger partial charge in [0, 0.05) is 28.9 Å². The summed E-state index contributed by atoms with van der Waals surface area (Å²) in [4.78, 5) is 11.7. The normalized spacial score (nSPS) is 25.2. The minimum absolute atomic E-state index is 0.152. The first-order chi connectivity index (χ1) is 15.3. The molecule has 32 heavy (non-hydrogen) atoms. The van der Waals surface area contributed by atoms with Crippen LogP contribution in [-0.2, 0) is 14.8 Å². The summed E-state index contributed by atoms with van der Waals surface area (Å²) in [6.45, 7) is 1.59. The Labute approximate surface area is 185 Å². The maximum absolute atomic E-state index is 13.4. The molecule has 8 heteroatoms. The molecule has 1 fully saturated rings. The quantitative estimate of drug-likeness (QED) is 0.547. The Morgan fingerprint density at radius 3 is 2.59 bits per heavy atom. The van der Waals surface area contributed by atoms with Gasteiger partial charge in [0.25, 0.3) is 0 Å². The highest BCUT2D eigenvalue weighted by atomic mass is 32.2. The summed E-state index contributed by atoms with van der Waals surface area (Å²) in [5.41, 5.74) is 1.28. The number of rotatable bonds is 5. The summed E-state index contributed by atoms with van der Waals surface area (Å²) in [5.74, 6) is -1.66. The van der Waals surface area contributed by atoms with Crippen molar-refractivity contribution in [1.82, 2.24) is 4.72 Å². The number of fused-ring (bicyclic) bond motifs is 4. The van der Waals surface area contributed by atoms with Gasteiger partial charge in [0.1, 0.15) is 11.9 Å². The molecule has 0 amide bonds. The van der Waals surface area contributed by atoms with Crippen molar-refractivity contribution in [2.75, 3.05) is 0 Å². The lowest BCUT2D eigenvalue weighted by molar-refractivity contribution is -0.138. The lowest BCUT2D eigenvalue weighted by Crippen LogP contribution is -2.43. The van der Waals surface area contributed by atoms with E-state index in [0.717, 1.165) is 10.9 Å². The Kier molecular flexibility index (Phi) is 4.96. The number of aliphatic carboxylic acids is 1. The van der Waals surface area contributed by atoms with Crippen LogP contribution < -0.4 is 9.46 Å². The van der Waals surface area contributed by atoms with E-state index in [2.05, 4.69) is 4.72 Å². The molecule has 0 radical (unpaired) electrons. The highest BCUT2D eigenvalue weighted by molar-refractivity contribution is 7.89. The van der Waals surface area contributed by atoms with Crippen molar-refractivity contribution in [2.45, 2.75) is 48.3 Å². The van der Waals surface area contributed by atoms with E-state index in [0.29, 0.717) is 16.7 Å². The van der Waals surface area contributed by atoms with E-state index in [-0.39, 0.29) is 11.3 Å². The third-order valence-corrected chi connectivity index (χ3v) is 8.06. The SMILES string of the molecule is CC(C(=O)O)c1cccc2c1OC1CC(O)C(NS(=O)(=O)c3cccc4ccccc34)C21. The molecular weight excluding hydrogens is 430 g/mol. The zero-order valence-corrected chi connectivity index (χ0v) is 18.1. The third-order valence-electron chi connectivity index (χ3n) is 6.55. The van der Waals surface area contributed by atoms with Gasteiger partial charge in [-0.25, -0.2) is 13.1 Å². The number of hydrogen-bond donors (Lipinski definition) is 3. The number of sulfonamides is 1. The molecular formula is C24H23NO6S. The predicted molar refractivity (Wildman–Crippen MR) is 118 cm³/mol. The molecule has 7 nitrogen and oxygen atoms in total. The van der Waals surface area contributed by atoms with Gasteiger partial charge in [-0.05, 0) is 18.4 Å². The lowest BCUT2D eigenvalue weighted by Gasteiger charge is -2.23. The molecule has 5 unspecified atom stereocenters. The monoisotopic (exact) mass is 453 g/mol. The fraction of sp³-hybridized carbons (Fsp3) is 0.292. The minimum Gasteiger partial charge on any atom is -0.489 e. The molecule has 1 aliphatic heterocycles. The maximum Gasteiger partial charge on any atom is 0.310 e. The number of aliphatic hydroxyl groups excluding tert-OH is 1. The number of aliphatic hydroxyl groups is 1. The van der Waals surface area contributed by atoms with Crippen molar-refractivity contribution in [3.63, 3.8) is 0 Å². The summed E-state index contributed by atoms with van der Waals surface area (Å²) < 4.78 is 35.5. The molecule has 0 aromatic heterocycles. The van der Waals surface area contributed by atoms with Gasteiger partial charge in [-0.15, -0.1) is 0 Å². The van der Waals surface area contributed by atoms with Gasteiger partial charge < -0.3 is 14.9 Å². The molecule has 166 valence electrons. The molecule has 1 saturated carbocycles. The molecule has 0 saturated heterocycles. The topological polar surface area (TPSA) is 113 Å². The van der Waals surface area contributed by atoms with Crippen molar-refractivity contribution in [3.05, 3.63) is 71.8 Å². The molecule has 2 aliphatic rings. The molecule has 3 aromatic rings. The summed E-state index contributed by atoms with van der Waals surface area (Å²) in [5, 5.41) is 21.6. The van der Waals surface area contributed by atoms with Crippen LogP contribution in [0.15, 0.2) is 65.6 Å². The highest BCUT2D eigenvalue weighted by Gasteiger charge is 2.51. The first kappa shape index (κ1) is 20.9. The average molecular weight is 454 g/mol. The van der Waals surface area contributed by atoms with Gasteiger partial charge in [-0.2, -0.15) is 0 Å². The molecule has 3 N–H and O–H groups in total. The molecule has 0 spiro atoms. The Morgan fingerprint density at radius 2 is 1.81 bits per heavy atom. The molecule has 3 aromatic carbocycles. The third kappa shape index (κ3) is 3.26. The number of benzene rings is 3. The average Bonchev–Trinajstić information content (AvgIpc) is 3.27. The van der Waals surface area contributed by atoms with Crippen LogP contribution >= 0.6 is 0 Å². The van der Waals surface area contributed by atoms with Crippen LogP contribution in [0.1, 0.15) is 36.3 Å². The van der Waals surface area contributed by atoms with Crippen molar-refractivity contribution in [2.24, 2.45) is 0 Å². The van der Waals surface area contributed by atoms with Crippen LogP contribution in [0.5, 0.6) is 5.75 Å².